The molecule has 0 spiro atoms. The van der Waals surface area contributed by atoms with E-state index in [4.69, 9.17) is 5.26 Å². The molecule has 0 radical (unpaired) electrons. The zero-order valence-corrected chi connectivity index (χ0v) is 8.11. The van der Waals surface area contributed by atoms with Crippen LogP contribution in [-0.4, -0.2) is 23.1 Å². The highest BCUT2D eigenvalue weighted by Crippen LogP contribution is 2.09. The summed E-state index contributed by atoms with van der Waals surface area (Å²) in [6, 6.07) is 2.08. The average Bonchev–Trinajstić information content (AvgIpc) is 2.18. The highest BCUT2D eigenvalue weighted by Gasteiger charge is 2.11. The van der Waals surface area contributed by atoms with Crippen molar-refractivity contribution >= 4 is 5.95 Å². The minimum atomic E-state index is -0.463. The highest BCUT2D eigenvalue weighted by molar-refractivity contribution is 5.28. The Morgan fingerprint density at radius 1 is 1.57 bits per heavy atom. The largest absolute Gasteiger partial charge is 0.340 e. The molecule has 1 atom stereocenters. The first-order valence-corrected chi connectivity index (χ1v) is 4.22. The second kappa shape index (κ2) is 4.51. The van der Waals surface area contributed by atoms with Gasteiger partial charge in [0.25, 0.3) is 0 Å². The Kier molecular flexibility index (Phi) is 3.35. The first-order chi connectivity index (χ1) is 6.65. The van der Waals surface area contributed by atoms with Gasteiger partial charge in [0.15, 0.2) is 5.82 Å². The van der Waals surface area contributed by atoms with E-state index in [0.29, 0.717) is 12.4 Å². The Balaban J connectivity index is 2.74. The molecule has 0 amide bonds. The van der Waals surface area contributed by atoms with E-state index in [1.54, 1.807) is 11.9 Å². The van der Waals surface area contributed by atoms with Crippen LogP contribution in [0.3, 0.4) is 0 Å². The van der Waals surface area contributed by atoms with Gasteiger partial charge in [-0.15, -0.1) is 0 Å². The van der Waals surface area contributed by atoms with E-state index in [1.165, 1.54) is 0 Å². The molecule has 0 saturated carbocycles. The summed E-state index contributed by atoms with van der Waals surface area (Å²) in [5.41, 5.74) is 0. The van der Waals surface area contributed by atoms with Gasteiger partial charge >= 0.3 is 0 Å². The molecule has 0 aliphatic carbocycles. The number of halogens is 1. The minimum Gasteiger partial charge on any atom is -0.340 e. The van der Waals surface area contributed by atoms with Crippen LogP contribution in [0, 0.1) is 17.1 Å². The summed E-state index contributed by atoms with van der Waals surface area (Å²) in [5, 5.41) is 8.50. The third-order valence-electron chi connectivity index (χ3n) is 1.97. The van der Waals surface area contributed by atoms with Gasteiger partial charge in [-0.05, 0) is 6.92 Å². The van der Waals surface area contributed by atoms with Crippen molar-refractivity contribution in [3.63, 3.8) is 0 Å². The van der Waals surface area contributed by atoms with Gasteiger partial charge in [0.05, 0.1) is 24.9 Å². The van der Waals surface area contributed by atoms with Gasteiger partial charge < -0.3 is 4.90 Å². The Hall–Kier alpha value is -1.70. The molecule has 1 aromatic rings. The van der Waals surface area contributed by atoms with Crippen molar-refractivity contribution < 1.29 is 4.39 Å². The Morgan fingerprint density at radius 2 is 2.14 bits per heavy atom. The minimum absolute atomic E-state index is 0.0189. The summed E-state index contributed by atoms with van der Waals surface area (Å²) in [6.45, 7) is 1.88. The first kappa shape index (κ1) is 10.4. The molecule has 1 aromatic heterocycles. The third kappa shape index (κ3) is 2.39. The molecule has 1 heterocycles. The number of hydrogen-bond acceptors (Lipinski definition) is 4. The van der Waals surface area contributed by atoms with Crippen molar-refractivity contribution in [2.24, 2.45) is 0 Å². The molecule has 0 aliphatic heterocycles. The van der Waals surface area contributed by atoms with Crippen LogP contribution < -0.4 is 4.90 Å². The molecule has 1 rings (SSSR count). The van der Waals surface area contributed by atoms with Gasteiger partial charge in [0.2, 0.25) is 5.95 Å². The number of nitrogens with zero attached hydrogens (tertiary/aromatic N) is 4. The van der Waals surface area contributed by atoms with E-state index in [0.717, 1.165) is 12.4 Å². The van der Waals surface area contributed by atoms with Gasteiger partial charge in [0, 0.05) is 13.1 Å². The third-order valence-corrected chi connectivity index (χ3v) is 1.97. The van der Waals surface area contributed by atoms with Gasteiger partial charge in [-0.25, -0.2) is 14.4 Å². The lowest BCUT2D eigenvalue weighted by Gasteiger charge is -2.22. The average molecular weight is 194 g/mol. The lowest BCUT2D eigenvalue weighted by molar-refractivity contribution is 0.607. The van der Waals surface area contributed by atoms with Gasteiger partial charge in [0.1, 0.15) is 0 Å². The summed E-state index contributed by atoms with van der Waals surface area (Å²) < 4.78 is 12.5. The zero-order valence-electron chi connectivity index (χ0n) is 8.11. The maximum atomic E-state index is 12.5. The van der Waals surface area contributed by atoms with Crippen LogP contribution in [0.15, 0.2) is 12.4 Å². The molecule has 4 nitrogen and oxygen atoms in total. The quantitative estimate of drug-likeness (QED) is 0.728. The normalized spacial score (nSPS) is 11.9. The molecule has 0 saturated heterocycles. The van der Waals surface area contributed by atoms with Gasteiger partial charge in [-0.1, -0.05) is 0 Å². The van der Waals surface area contributed by atoms with Crippen LogP contribution in [0.2, 0.25) is 0 Å². The standard InChI is InChI=1S/C9H11FN4/c1-7(3-4-11)14(2)9-12-5-8(10)6-13-9/h5-7H,3H2,1-2H3. The van der Waals surface area contributed by atoms with Crippen LogP contribution in [0.4, 0.5) is 10.3 Å². The fourth-order valence-electron chi connectivity index (χ4n) is 0.954. The monoisotopic (exact) mass is 194 g/mol. The molecular weight excluding hydrogens is 183 g/mol. The summed E-state index contributed by atoms with van der Waals surface area (Å²) in [5.74, 6) is -0.0377. The molecule has 0 aromatic carbocycles. The van der Waals surface area contributed by atoms with E-state index in [1.807, 2.05) is 6.92 Å². The number of rotatable bonds is 3. The zero-order chi connectivity index (χ0) is 10.6. The molecule has 74 valence electrons. The van der Waals surface area contributed by atoms with Crippen molar-refractivity contribution in [3.05, 3.63) is 18.2 Å². The number of hydrogen-bond donors (Lipinski definition) is 0. The van der Waals surface area contributed by atoms with E-state index in [-0.39, 0.29) is 6.04 Å². The molecular formula is C9H11FN4. The SMILES string of the molecule is CC(CC#N)N(C)c1ncc(F)cn1. The smallest absolute Gasteiger partial charge is 0.225 e. The maximum absolute atomic E-state index is 12.5. The topological polar surface area (TPSA) is 52.8 Å². The molecule has 5 heteroatoms. The van der Waals surface area contributed by atoms with Crippen molar-refractivity contribution in [2.45, 2.75) is 19.4 Å². The van der Waals surface area contributed by atoms with Crippen LogP contribution in [0.1, 0.15) is 13.3 Å². The van der Waals surface area contributed by atoms with Crippen molar-refractivity contribution in [1.82, 2.24) is 9.97 Å². The lowest BCUT2D eigenvalue weighted by Crippen LogP contribution is -2.29. The lowest BCUT2D eigenvalue weighted by atomic mass is 10.2. The highest BCUT2D eigenvalue weighted by atomic mass is 19.1. The number of anilines is 1. The van der Waals surface area contributed by atoms with Crippen LogP contribution in [0.25, 0.3) is 0 Å². The summed E-state index contributed by atoms with van der Waals surface area (Å²) in [7, 11) is 1.77. The first-order valence-electron chi connectivity index (χ1n) is 4.22. The summed E-state index contributed by atoms with van der Waals surface area (Å²) in [6.07, 6.45) is 2.60. The van der Waals surface area contributed by atoms with Crippen molar-refractivity contribution in [1.29, 1.82) is 5.26 Å². The van der Waals surface area contributed by atoms with Crippen molar-refractivity contribution in [3.8, 4) is 6.07 Å². The van der Waals surface area contributed by atoms with E-state index < -0.39 is 5.82 Å². The Bertz CT molecular complexity index is 330. The second-order valence-corrected chi connectivity index (χ2v) is 3.02. The van der Waals surface area contributed by atoms with Gasteiger partial charge in [-0.3, -0.25) is 0 Å². The van der Waals surface area contributed by atoms with Crippen molar-refractivity contribution in [2.75, 3.05) is 11.9 Å². The molecule has 14 heavy (non-hydrogen) atoms. The molecule has 0 aliphatic rings. The Morgan fingerprint density at radius 3 is 2.64 bits per heavy atom. The van der Waals surface area contributed by atoms with Crippen LogP contribution >= 0.6 is 0 Å². The summed E-state index contributed by atoms with van der Waals surface area (Å²) >= 11 is 0. The fourth-order valence-corrected chi connectivity index (χ4v) is 0.954. The van der Waals surface area contributed by atoms with Crippen LogP contribution in [0.5, 0.6) is 0 Å². The molecule has 1 unspecified atom stereocenters. The maximum Gasteiger partial charge on any atom is 0.225 e. The molecule has 0 N–H and O–H groups in total. The molecule has 0 bridgehead atoms. The predicted molar refractivity (Wildman–Crippen MR) is 50.1 cm³/mol. The van der Waals surface area contributed by atoms with Crippen LogP contribution in [-0.2, 0) is 0 Å². The summed E-state index contributed by atoms with van der Waals surface area (Å²) in [4.78, 5) is 9.36. The predicted octanol–water partition coefficient (Wildman–Crippen LogP) is 1.35. The Labute approximate surface area is 82.0 Å². The van der Waals surface area contributed by atoms with E-state index in [2.05, 4.69) is 16.0 Å². The second-order valence-electron chi connectivity index (χ2n) is 3.02. The fraction of sp³-hybridized carbons (Fsp3) is 0.444. The number of aromatic nitrogens is 2. The van der Waals surface area contributed by atoms with Gasteiger partial charge in [-0.2, -0.15) is 5.26 Å². The van der Waals surface area contributed by atoms with E-state index >= 15 is 0 Å². The molecule has 0 fully saturated rings. The number of nitriles is 1. The van der Waals surface area contributed by atoms with E-state index in [9.17, 15) is 4.39 Å².